The third-order valence-corrected chi connectivity index (χ3v) is 3.15. The SMILES string of the molecule is CCCCCCCCCCP(=O)([O-])[O-]. The molecule has 14 heavy (non-hydrogen) atoms. The lowest BCUT2D eigenvalue weighted by molar-refractivity contribution is -0.313. The zero-order valence-corrected chi connectivity index (χ0v) is 9.93. The van der Waals surface area contributed by atoms with E-state index >= 15 is 0 Å². The van der Waals surface area contributed by atoms with E-state index in [1.807, 2.05) is 0 Å². The van der Waals surface area contributed by atoms with Gasteiger partial charge >= 0.3 is 0 Å². The molecule has 0 rings (SSSR count). The van der Waals surface area contributed by atoms with E-state index in [0.717, 1.165) is 12.8 Å². The quantitative estimate of drug-likeness (QED) is 0.441. The highest BCUT2D eigenvalue weighted by atomic mass is 31.2. The van der Waals surface area contributed by atoms with Crippen LogP contribution >= 0.6 is 7.60 Å². The number of unbranched alkanes of at least 4 members (excludes halogenated alkanes) is 7. The van der Waals surface area contributed by atoms with Crippen molar-refractivity contribution in [2.24, 2.45) is 0 Å². The molecule has 0 heterocycles. The molecule has 0 aromatic carbocycles. The van der Waals surface area contributed by atoms with Gasteiger partial charge in [0.15, 0.2) is 0 Å². The molecule has 0 atom stereocenters. The largest absolute Gasteiger partial charge is 0.811 e. The van der Waals surface area contributed by atoms with Crippen molar-refractivity contribution in [2.45, 2.75) is 58.3 Å². The van der Waals surface area contributed by atoms with Crippen molar-refractivity contribution in [1.82, 2.24) is 0 Å². The maximum Gasteiger partial charge on any atom is -0.0250 e. The van der Waals surface area contributed by atoms with Crippen molar-refractivity contribution in [2.75, 3.05) is 6.16 Å². The van der Waals surface area contributed by atoms with Gasteiger partial charge in [0.2, 0.25) is 0 Å². The Kier molecular flexibility index (Phi) is 8.55. The summed E-state index contributed by atoms with van der Waals surface area (Å²) in [4.78, 5) is 20.6. The van der Waals surface area contributed by atoms with Gasteiger partial charge in [0.1, 0.15) is 0 Å². The van der Waals surface area contributed by atoms with Gasteiger partial charge in [-0.15, -0.1) is 0 Å². The summed E-state index contributed by atoms with van der Waals surface area (Å²) in [6.45, 7) is 2.18. The molecule has 0 amide bonds. The minimum absolute atomic E-state index is 0.165. The Morgan fingerprint density at radius 2 is 1.29 bits per heavy atom. The van der Waals surface area contributed by atoms with Crippen LogP contribution in [0.15, 0.2) is 0 Å². The van der Waals surface area contributed by atoms with Gasteiger partial charge in [0.05, 0.1) is 0 Å². The Hall–Kier alpha value is 0.150. The van der Waals surface area contributed by atoms with Crippen LogP contribution in [0.3, 0.4) is 0 Å². The minimum Gasteiger partial charge on any atom is -0.811 e. The number of hydrogen-bond donors (Lipinski definition) is 0. The molecule has 3 nitrogen and oxygen atoms in total. The highest BCUT2D eigenvalue weighted by Gasteiger charge is 1.93. The summed E-state index contributed by atoms with van der Waals surface area (Å²) in [6.07, 6.45) is 8.52. The van der Waals surface area contributed by atoms with Gasteiger partial charge in [0.25, 0.3) is 0 Å². The van der Waals surface area contributed by atoms with Crippen LogP contribution in [0.4, 0.5) is 0 Å². The molecule has 0 N–H and O–H groups in total. The van der Waals surface area contributed by atoms with E-state index in [0.29, 0.717) is 6.42 Å². The molecular weight excluding hydrogens is 199 g/mol. The minimum atomic E-state index is -4.23. The van der Waals surface area contributed by atoms with Crippen molar-refractivity contribution < 1.29 is 14.4 Å². The fraction of sp³-hybridized carbons (Fsp3) is 1.00. The van der Waals surface area contributed by atoms with Gasteiger partial charge in [-0.3, -0.25) is 0 Å². The van der Waals surface area contributed by atoms with Crippen molar-refractivity contribution in [1.29, 1.82) is 0 Å². The molecule has 0 aromatic heterocycles. The second-order valence-electron chi connectivity index (χ2n) is 3.81. The third-order valence-electron chi connectivity index (χ3n) is 2.29. The van der Waals surface area contributed by atoms with Crippen LogP contribution in [0.2, 0.25) is 0 Å². The van der Waals surface area contributed by atoms with E-state index in [9.17, 15) is 14.4 Å². The molecule has 0 unspecified atom stereocenters. The first-order chi connectivity index (χ1) is 6.56. The Labute approximate surface area is 87.1 Å². The first-order valence-electron chi connectivity index (χ1n) is 5.57. The summed E-state index contributed by atoms with van der Waals surface area (Å²) in [5.74, 6) is 0. The van der Waals surface area contributed by atoms with E-state index in [2.05, 4.69) is 6.92 Å². The molecule has 0 saturated heterocycles. The van der Waals surface area contributed by atoms with E-state index < -0.39 is 7.60 Å². The van der Waals surface area contributed by atoms with Gasteiger partial charge in [-0.1, -0.05) is 59.5 Å². The molecule has 0 aliphatic rings. The Morgan fingerprint density at radius 1 is 0.857 bits per heavy atom. The van der Waals surface area contributed by atoms with Crippen molar-refractivity contribution in [3.8, 4) is 0 Å². The first kappa shape index (κ1) is 14.2. The zero-order valence-electron chi connectivity index (χ0n) is 9.04. The smallest absolute Gasteiger partial charge is 0.0250 e. The topological polar surface area (TPSA) is 63.2 Å². The molecule has 86 valence electrons. The van der Waals surface area contributed by atoms with Crippen LogP contribution in [0.25, 0.3) is 0 Å². The number of rotatable bonds is 9. The van der Waals surface area contributed by atoms with Crippen molar-refractivity contribution >= 4 is 7.60 Å². The second kappa shape index (κ2) is 8.46. The predicted molar refractivity (Wildman–Crippen MR) is 55.1 cm³/mol. The summed E-state index contributed by atoms with van der Waals surface area (Å²) in [5.41, 5.74) is 0. The highest BCUT2D eigenvalue weighted by Crippen LogP contribution is 2.25. The maximum absolute atomic E-state index is 10.3. The highest BCUT2D eigenvalue weighted by molar-refractivity contribution is 7.48. The van der Waals surface area contributed by atoms with Gasteiger partial charge in [-0.2, -0.15) is 0 Å². The Balaban J connectivity index is 3.03. The maximum atomic E-state index is 10.3. The fourth-order valence-corrected chi connectivity index (χ4v) is 2.05. The van der Waals surface area contributed by atoms with Gasteiger partial charge < -0.3 is 14.4 Å². The summed E-state index contributed by atoms with van der Waals surface area (Å²) < 4.78 is 10.3. The molecule has 0 saturated carbocycles. The molecule has 0 aliphatic carbocycles. The summed E-state index contributed by atoms with van der Waals surface area (Å²) in [5, 5.41) is 0. The van der Waals surface area contributed by atoms with Crippen LogP contribution < -0.4 is 9.79 Å². The second-order valence-corrected chi connectivity index (χ2v) is 5.48. The average molecular weight is 220 g/mol. The van der Waals surface area contributed by atoms with E-state index in [4.69, 9.17) is 0 Å². The van der Waals surface area contributed by atoms with Crippen LogP contribution in [0, 0.1) is 0 Å². The Bertz CT molecular complexity index is 165. The molecular formula is C10H21O3P-2. The van der Waals surface area contributed by atoms with E-state index in [1.54, 1.807) is 0 Å². The average Bonchev–Trinajstić information content (AvgIpc) is 2.08. The van der Waals surface area contributed by atoms with E-state index in [-0.39, 0.29) is 6.16 Å². The predicted octanol–water partition coefficient (Wildman–Crippen LogP) is 2.04. The van der Waals surface area contributed by atoms with Crippen LogP contribution in [-0.2, 0) is 4.57 Å². The van der Waals surface area contributed by atoms with Crippen molar-refractivity contribution in [3.63, 3.8) is 0 Å². The summed E-state index contributed by atoms with van der Waals surface area (Å²) in [7, 11) is -4.23. The molecule has 0 spiro atoms. The monoisotopic (exact) mass is 220 g/mol. The molecule has 0 aliphatic heterocycles. The standard InChI is InChI=1S/C10H23O3P/c1-2-3-4-5-6-7-8-9-10-14(11,12)13/h2-10H2,1H3,(H2,11,12,13)/p-2. The number of hydrogen-bond acceptors (Lipinski definition) is 3. The van der Waals surface area contributed by atoms with Crippen LogP contribution in [-0.4, -0.2) is 6.16 Å². The summed E-state index contributed by atoms with van der Waals surface area (Å²) in [6, 6.07) is 0. The zero-order chi connectivity index (χ0) is 10.9. The fourth-order valence-electron chi connectivity index (χ4n) is 1.44. The van der Waals surface area contributed by atoms with Gasteiger partial charge in [-0.25, -0.2) is 0 Å². The van der Waals surface area contributed by atoms with E-state index in [1.165, 1.54) is 32.1 Å². The molecule has 4 heteroatoms. The first-order valence-corrected chi connectivity index (χ1v) is 7.30. The lowest BCUT2D eigenvalue weighted by Gasteiger charge is -2.29. The molecule has 0 radical (unpaired) electrons. The lowest BCUT2D eigenvalue weighted by Crippen LogP contribution is -2.16. The van der Waals surface area contributed by atoms with Crippen molar-refractivity contribution in [3.05, 3.63) is 0 Å². The summed E-state index contributed by atoms with van der Waals surface area (Å²) >= 11 is 0. The normalized spacial score (nSPS) is 11.9. The molecule has 0 fully saturated rings. The molecule has 0 aromatic rings. The van der Waals surface area contributed by atoms with Gasteiger partial charge in [0, 0.05) is 0 Å². The van der Waals surface area contributed by atoms with Gasteiger partial charge in [-0.05, 0) is 12.6 Å². The molecule has 0 bridgehead atoms. The Morgan fingerprint density at radius 3 is 1.71 bits per heavy atom. The van der Waals surface area contributed by atoms with Crippen LogP contribution in [0.1, 0.15) is 58.3 Å². The third kappa shape index (κ3) is 12.2. The van der Waals surface area contributed by atoms with Crippen LogP contribution in [0.5, 0.6) is 0 Å². The lowest BCUT2D eigenvalue weighted by atomic mass is 10.1.